The molecule has 0 bridgehead atoms. The van der Waals surface area contributed by atoms with Gasteiger partial charge in [-0.25, -0.2) is 0 Å². The van der Waals surface area contributed by atoms with Gasteiger partial charge >= 0.3 is 6.18 Å². The van der Waals surface area contributed by atoms with Crippen LogP contribution in [0.15, 0.2) is 24.3 Å². The number of carbonyl (C=O) groups excluding carboxylic acids is 1. The molecule has 1 aromatic rings. The number of aliphatic hydroxyl groups excluding tert-OH is 1. The molecular formula is C11H11F3O2. The number of halogens is 3. The van der Waals surface area contributed by atoms with E-state index < -0.39 is 23.6 Å². The number of benzene rings is 1. The lowest BCUT2D eigenvalue weighted by molar-refractivity contribution is -0.137. The van der Waals surface area contributed by atoms with Crippen LogP contribution in [-0.2, 0) is 17.4 Å². The molecule has 1 atom stereocenters. The third-order valence-electron chi connectivity index (χ3n) is 2.13. The average molecular weight is 232 g/mol. The Morgan fingerprint density at radius 2 is 1.81 bits per heavy atom. The second-order valence-electron chi connectivity index (χ2n) is 3.51. The summed E-state index contributed by atoms with van der Waals surface area (Å²) in [4.78, 5) is 11.1. The largest absolute Gasteiger partial charge is 0.416 e. The zero-order chi connectivity index (χ0) is 12.3. The van der Waals surface area contributed by atoms with Crippen LogP contribution in [0.4, 0.5) is 13.2 Å². The fraction of sp³-hybridized carbons (Fsp3) is 0.364. The number of hydrogen-bond acceptors (Lipinski definition) is 2. The fourth-order valence-corrected chi connectivity index (χ4v) is 1.16. The van der Waals surface area contributed by atoms with Crippen molar-refractivity contribution in [3.63, 3.8) is 0 Å². The van der Waals surface area contributed by atoms with Gasteiger partial charge in [-0.1, -0.05) is 12.1 Å². The van der Waals surface area contributed by atoms with E-state index in [0.717, 1.165) is 12.1 Å². The minimum atomic E-state index is -4.37. The van der Waals surface area contributed by atoms with Gasteiger partial charge in [0.2, 0.25) is 0 Å². The van der Waals surface area contributed by atoms with Gasteiger partial charge in [0.1, 0.15) is 6.10 Å². The fourth-order valence-electron chi connectivity index (χ4n) is 1.16. The van der Waals surface area contributed by atoms with E-state index in [2.05, 4.69) is 0 Å². The SMILES string of the molecule is CC(O)C(=O)Cc1ccc(C(F)(F)F)cc1. The van der Waals surface area contributed by atoms with Crippen LogP contribution in [0.2, 0.25) is 0 Å². The van der Waals surface area contributed by atoms with Gasteiger partial charge in [-0.2, -0.15) is 13.2 Å². The van der Waals surface area contributed by atoms with Crippen LogP contribution in [0.1, 0.15) is 18.1 Å². The number of ketones is 1. The number of alkyl halides is 3. The lowest BCUT2D eigenvalue weighted by Gasteiger charge is -2.07. The van der Waals surface area contributed by atoms with Gasteiger partial charge < -0.3 is 5.11 Å². The predicted molar refractivity (Wildman–Crippen MR) is 51.8 cm³/mol. The van der Waals surface area contributed by atoms with E-state index in [9.17, 15) is 18.0 Å². The molecule has 2 nitrogen and oxygen atoms in total. The summed E-state index contributed by atoms with van der Waals surface area (Å²) in [6.45, 7) is 1.33. The summed E-state index contributed by atoms with van der Waals surface area (Å²) < 4.78 is 36.6. The Kier molecular flexibility index (Phi) is 3.70. The molecule has 1 rings (SSSR count). The molecule has 1 aromatic carbocycles. The second-order valence-corrected chi connectivity index (χ2v) is 3.51. The van der Waals surface area contributed by atoms with E-state index in [-0.39, 0.29) is 6.42 Å². The monoisotopic (exact) mass is 232 g/mol. The summed E-state index contributed by atoms with van der Waals surface area (Å²) in [5.41, 5.74) is -0.292. The summed E-state index contributed by atoms with van der Waals surface area (Å²) in [6, 6.07) is 4.32. The van der Waals surface area contributed by atoms with Crippen LogP contribution in [0.25, 0.3) is 0 Å². The van der Waals surface area contributed by atoms with Crippen molar-refractivity contribution in [3.05, 3.63) is 35.4 Å². The molecule has 0 aliphatic heterocycles. The Hall–Kier alpha value is -1.36. The summed E-state index contributed by atoms with van der Waals surface area (Å²) in [7, 11) is 0. The summed E-state index contributed by atoms with van der Waals surface area (Å²) in [6.07, 6.45) is -5.52. The summed E-state index contributed by atoms with van der Waals surface area (Å²) in [5.74, 6) is -0.417. The number of aliphatic hydroxyl groups is 1. The van der Waals surface area contributed by atoms with Gasteiger partial charge in [0.05, 0.1) is 5.56 Å². The van der Waals surface area contributed by atoms with E-state index in [4.69, 9.17) is 5.11 Å². The maximum absolute atomic E-state index is 12.2. The van der Waals surface area contributed by atoms with Crippen LogP contribution < -0.4 is 0 Å². The van der Waals surface area contributed by atoms with Crippen molar-refractivity contribution in [3.8, 4) is 0 Å². The first-order valence-corrected chi connectivity index (χ1v) is 4.67. The molecule has 0 amide bonds. The maximum Gasteiger partial charge on any atom is 0.416 e. The molecule has 1 N–H and O–H groups in total. The first-order chi connectivity index (χ1) is 7.30. The molecule has 0 heterocycles. The molecule has 16 heavy (non-hydrogen) atoms. The van der Waals surface area contributed by atoms with Crippen molar-refractivity contribution >= 4 is 5.78 Å². The van der Waals surface area contributed by atoms with Crippen LogP contribution in [-0.4, -0.2) is 17.0 Å². The Morgan fingerprint density at radius 1 is 1.31 bits per heavy atom. The molecule has 0 aromatic heterocycles. The molecule has 1 unspecified atom stereocenters. The van der Waals surface area contributed by atoms with Crippen molar-refractivity contribution in [1.82, 2.24) is 0 Å². The standard InChI is InChI=1S/C11H11F3O2/c1-7(15)10(16)6-8-2-4-9(5-3-8)11(12,13)14/h2-5,7,15H,6H2,1H3. The minimum Gasteiger partial charge on any atom is -0.386 e. The van der Waals surface area contributed by atoms with Gasteiger partial charge in [-0.3, -0.25) is 4.79 Å². The first kappa shape index (κ1) is 12.7. The molecule has 0 aliphatic rings. The van der Waals surface area contributed by atoms with Crippen molar-refractivity contribution in [2.45, 2.75) is 25.6 Å². The smallest absolute Gasteiger partial charge is 0.386 e. The number of carbonyl (C=O) groups is 1. The molecule has 5 heteroatoms. The molecule has 0 spiro atoms. The third-order valence-corrected chi connectivity index (χ3v) is 2.13. The highest BCUT2D eigenvalue weighted by Crippen LogP contribution is 2.29. The quantitative estimate of drug-likeness (QED) is 0.867. The van der Waals surface area contributed by atoms with Crippen molar-refractivity contribution in [2.24, 2.45) is 0 Å². The molecule has 0 saturated carbocycles. The zero-order valence-corrected chi connectivity index (χ0v) is 8.58. The molecule has 0 saturated heterocycles. The Balaban J connectivity index is 2.76. The van der Waals surface area contributed by atoms with Crippen molar-refractivity contribution < 1.29 is 23.1 Å². The normalized spacial score (nSPS) is 13.6. The van der Waals surface area contributed by atoms with Crippen molar-refractivity contribution in [2.75, 3.05) is 0 Å². The third kappa shape index (κ3) is 3.34. The lowest BCUT2D eigenvalue weighted by atomic mass is 10.0. The predicted octanol–water partition coefficient (Wildman–Crippen LogP) is 2.20. The van der Waals surface area contributed by atoms with Gasteiger partial charge in [-0.05, 0) is 24.6 Å². The summed E-state index contributed by atoms with van der Waals surface area (Å²) in [5, 5.41) is 8.94. The number of Topliss-reactive ketones (excluding diaryl/α,β-unsaturated/α-hetero) is 1. The number of hydrogen-bond donors (Lipinski definition) is 1. The van der Waals surface area contributed by atoms with Crippen LogP contribution in [0.5, 0.6) is 0 Å². The zero-order valence-electron chi connectivity index (χ0n) is 8.58. The molecule has 0 fully saturated rings. The van der Waals surface area contributed by atoms with E-state index in [1.165, 1.54) is 19.1 Å². The van der Waals surface area contributed by atoms with E-state index in [0.29, 0.717) is 5.56 Å². The maximum atomic E-state index is 12.2. The highest BCUT2D eigenvalue weighted by atomic mass is 19.4. The topological polar surface area (TPSA) is 37.3 Å². The highest BCUT2D eigenvalue weighted by Gasteiger charge is 2.29. The minimum absolute atomic E-state index is 0.0597. The van der Waals surface area contributed by atoms with Gasteiger partial charge in [0.15, 0.2) is 5.78 Å². The van der Waals surface area contributed by atoms with Crippen LogP contribution in [0.3, 0.4) is 0 Å². The lowest BCUT2D eigenvalue weighted by Crippen LogP contribution is -2.18. The number of rotatable bonds is 3. The molecule has 88 valence electrons. The second kappa shape index (κ2) is 4.65. The average Bonchev–Trinajstić information content (AvgIpc) is 2.17. The Morgan fingerprint density at radius 3 is 2.19 bits per heavy atom. The molecule has 0 aliphatic carbocycles. The Labute approximate surface area is 90.7 Å². The van der Waals surface area contributed by atoms with Gasteiger partial charge in [-0.15, -0.1) is 0 Å². The van der Waals surface area contributed by atoms with Gasteiger partial charge in [0.25, 0.3) is 0 Å². The van der Waals surface area contributed by atoms with Crippen molar-refractivity contribution in [1.29, 1.82) is 0 Å². The van der Waals surface area contributed by atoms with Gasteiger partial charge in [0, 0.05) is 6.42 Å². The Bertz CT molecular complexity index is 366. The van der Waals surface area contributed by atoms with Crippen LogP contribution >= 0.6 is 0 Å². The summed E-state index contributed by atoms with van der Waals surface area (Å²) >= 11 is 0. The first-order valence-electron chi connectivity index (χ1n) is 4.67. The molecule has 0 radical (unpaired) electrons. The van der Waals surface area contributed by atoms with E-state index in [1.54, 1.807) is 0 Å². The van der Waals surface area contributed by atoms with E-state index >= 15 is 0 Å². The van der Waals surface area contributed by atoms with Crippen LogP contribution in [0, 0.1) is 0 Å². The highest BCUT2D eigenvalue weighted by molar-refractivity contribution is 5.84. The van der Waals surface area contributed by atoms with E-state index in [1.807, 2.05) is 0 Å². The molecular weight excluding hydrogens is 221 g/mol.